The molecule has 0 aliphatic heterocycles. The maximum Gasteiger partial charge on any atom is 0.221 e. The van der Waals surface area contributed by atoms with Crippen molar-refractivity contribution in [2.75, 3.05) is 13.1 Å². The molecule has 1 saturated carbocycles. The molecule has 3 nitrogen and oxygen atoms in total. The third-order valence-corrected chi connectivity index (χ3v) is 3.46. The van der Waals surface area contributed by atoms with Crippen molar-refractivity contribution >= 4 is 5.91 Å². The molecule has 1 rings (SSSR count). The zero-order valence-corrected chi connectivity index (χ0v) is 11.3. The van der Waals surface area contributed by atoms with Crippen molar-refractivity contribution in [2.24, 2.45) is 0 Å². The Morgan fingerprint density at radius 3 is 2.47 bits per heavy atom. The van der Waals surface area contributed by atoms with Gasteiger partial charge < -0.3 is 10.6 Å². The zero-order chi connectivity index (χ0) is 12.3. The Labute approximate surface area is 106 Å². The average Bonchev–Trinajstić information content (AvgIpc) is 2.57. The lowest BCUT2D eigenvalue weighted by atomic mass is 10.1. The van der Waals surface area contributed by atoms with Gasteiger partial charge in [0.25, 0.3) is 0 Å². The molecule has 17 heavy (non-hydrogen) atoms. The number of rotatable bonds is 7. The molecular formula is C14H28N2O. The molecule has 100 valence electrons. The molecule has 1 aliphatic rings. The third-order valence-electron chi connectivity index (χ3n) is 3.46. The predicted molar refractivity (Wildman–Crippen MR) is 72.0 cm³/mol. The van der Waals surface area contributed by atoms with Gasteiger partial charge in [0.2, 0.25) is 5.91 Å². The summed E-state index contributed by atoms with van der Waals surface area (Å²) < 4.78 is 0. The highest BCUT2D eigenvalue weighted by Gasteiger charge is 2.13. The van der Waals surface area contributed by atoms with E-state index in [-0.39, 0.29) is 5.91 Å². The summed E-state index contributed by atoms with van der Waals surface area (Å²) in [6, 6.07) is 0.445. The van der Waals surface area contributed by atoms with Crippen LogP contribution in [-0.4, -0.2) is 25.0 Å². The molecule has 0 aromatic rings. The number of hydrogen-bond donors (Lipinski definition) is 2. The lowest BCUT2D eigenvalue weighted by Crippen LogP contribution is -2.36. The van der Waals surface area contributed by atoms with E-state index in [0.29, 0.717) is 12.5 Å². The van der Waals surface area contributed by atoms with Crippen LogP contribution in [0.5, 0.6) is 0 Å². The minimum Gasteiger partial charge on any atom is -0.353 e. The zero-order valence-electron chi connectivity index (χ0n) is 11.3. The molecule has 0 aromatic heterocycles. The lowest BCUT2D eigenvalue weighted by Gasteiger charge is -2.16. The number of unbranched alkanes of at least 4 members (excludes halogenated alkanes) is 1. The third kappa shape index (κ3) is 7.37. The fourth-order valence-corrected chi connectivity index (χ4v) is 2.35. The van der Waals surface area contributed by atoms with Crippen molar-refractivity contribution < 1.29 is 4.79 Å². The monoisotopic (exact) mass is 240 g/mol. The van der Waals surface area contributed by atoms with Crippen molar-refractivity contribution in [3.8, 4) is 0 Å². The Balaban J connectivity index is 2.03. The molecule has 0 aromatic carbocycles. The highest BCUT2D eigenvalue weighted by atomic mass is 16.1. The van der Waals surface area contributed by atoms with Crippen LogP contribution in [-0.2, 0) is 4.79 Å². The van der Waals surface area contributed by atoms with Crippen molar-refractivity contribution in [3.05, 3.63) is 0 Å². The van der Waals surface area contributed by atoms with E-state index >= 15 is 0 Å². The van der Waals surface area contributed by atoms with E-state index in [0.717, 1.165) is 13.1 Å². The van der Waals surface area contributed by atoms with E-state index in [1.807, 2.05) is 0 Å². The van der Waals surface area contributed by atoms with Crippen LogP contribution in [0.2, 0.25) is 0 Å². The smallest absolute Gasteiger partial charge is 0.221 e. The van der Waals surface area contributed by atoms with Crippen molar-refractivity contribution in [1.29, 1.82) is 0 Å². The first kappa shape index (κ1) is 14.5. The molecule has 1 aliphatic carbocycles. The molecule has 0 unspecified atom stereocenters. The summed E-state index contributed by atoms with van der Waals surface area (Å²) in [7, 11) is 0. The number of hydrogen-bond acceptors (Lipinski definition) is 2. The second kappa shape index (κ2) is 9.46. The molecule has 0 bridgehead atoms. The van der Waals surface area contributed by atoms with Crippen molar-refractivity contribution in [3.63, 3.8) is 0 Å². The summed E-state index contributed by atoms with van der Waals surface area (Å²) in [5.41, 5.74) is 0. The Kier molecular flexibility index (Phi) is 8.06. The number of amides is 1. The highest BCUT2D eigenvalue weighted by molar-refractivity contribution is 5.76. The molecule has 3 heteroatoms. The van der Waals surface area contributed by atoms with Crippen molar-refractivity contribution in [2.45, 2.75) is 70.8 Å². The van der Waals surface area contributed by atoms with Gasteiger partial charge in [-0.05, 0) is 25.8 Å². The van der Waals surface area contributed by atoms with E-state index in [2.05, 4.69) is 17.6 Å². The standard InChI is InChI=1S/C14H28N2O/c1-2-3-11-15-12-10-14(17)16-13-8-6-4-5-7-9-13/h13,15H,2-12H2,1H3,(H,16,17). The van der Waals surface area contributed by atoms with Gasteiger partial charge in [-0.15, -0.1) is 0 Å². The van der Waals surface area contributed by atoms with Gasteiger partial charge in [0, 0.05) is 19.0 Å². The second-order valence-corrected chi connectivity index (χ2v) is 5.11. The van der Waals surface area contributed by atoms with Gasteiger partial charge in [-0.2, -0.15) is 0 Å². The molecule has 1 fully saturated rings. The van der Waals surface area contributed by atoms with E-state index in [1.54, 1.807) is 0 Å². The minimum atomic E-state index is 0.223. The van der Waals surface area contributed by atoms with Crippen molar-refractivity contribution in [1.82, 2.24) is 10.6 Å². The van der Waals surface area contributed by atoms with E-state index in [4.69, 9.17) is 0 Å². The quantitative estimate of drug-likeness (QED) is 0.530. The predicted octanol–water partition coefficient (Wildman–Crippen LogP) is 2.61. The molecule has 0 atom stereocenters. The summed E-state index contributed by atoms with van der Waals surface area (Å²) in [5.74, 6) is 0.223. The van der Waals surface area contributed by atoms with Crippen LogP contribution in [0.25, 0.3) is 0 Å². The van der Waals surface area contributed by atoms with Gasteiger partial charge >= 0.3 is 0 Å². The first-order valence-electron chi connectivity index (χ1n) is 7.33. The summed E-state index contributed by atoms with van der Waals surface area (Å²) in [6.45, 7) is 4.03. The van der Waals surface area contributed by atoms with Crippen LogP contribution in [0.4, 0.5) is 0 Å². The minimum absolute atomic E-state index is 0.223. The molecule has 0 spiro atoms. The molecule has 0 heterocycles. The Hall–Kier alpha value is -0.570. The van der Waals surface area contributed by atoms with Crippen LogP contribution in [0.15, 0.2) is 0 Å². The largest absolute Gasteiger partial charge is 0.353 e. The Bertz CT molecular complexity index is 198. The topological polar surface area (TPSA) is 41.1 Å². The molecular weight excluding hydrogens is 212 g/mol. The highest BCUT2D eigenvalue weighted by Crippen LogP contribution is 2.17. The molecule has 2 N–H and O–H groups in total. The summed E-state index contributed by atoms with van der Waals surface area (Å²) in [4.78, 5) is 11.7. The maximum atomic E-state index is 11.7. The van der Waals surface area contributed by atoms with Gasteiger partial charge in [-0.1, -0.05) is 39.0 Å². The van der Waals surface area contributed by atoms with E-state index < -0.39 is 0 Å². The first-order valence-corrected chi connectivity index (χ1v) is 7.33. The second-order valence-electron chi connectivity index (χ2n) is 5.11. The van der Waals surface area contributed by atoms with Gasteiger partial charge in [-0.25, -0.2) is 0 Å². The number of carbonyl (C=O) groups excluding carboxylic acids is 1. The lowest BCUT2D eigenvalue weighted by molar-refractivity contribution is -0.121. The molecule has 0 saturated heterocycles. The van der Waals surface area contributed by atoms with Crippen LogP contribution in [0.3, 0.4) is 0 Å². The van der Waals surface area contributed by atoms with Gasteiger partial charge in [0.1, 0.15) is 0 Å². The Morgan fingerprint density at radius 2 is 1.82 bits per heavy atom. The number of carbonyl (C=O) groups is 1. The first-order chi connectivity index (χ1) is 8.33. The van der Waals surface area contributed by atoms with Gasteiger partial charge in [-0.3, -0.25) is 4.79 Å². The van der Waals surface area contributed by atoms with Gasteiger partial charge in [0.05, 0.1) is 0 Å². The molecule has 1 amide bonds. The summed E-state index contributed by atoms with van der Waals surface area (Å²) in [5, 5.41) is 6.48. The Morgan fingerprint density at radius 1 is 1.12 bits per heavy atom. The fraction of sp³-hybridized carbons (Fsp3) is 0.929. The van der Waals surface area contributed by atoms with Crippen LogP contribution >= 0.6 is 0 Å². The van der Waals surface area contributed by atoms with Crippen LogP contribution in [0.1, 0.15) is 64.7 Å². The summed E-state index contributed by atoms with van der Waals surface area (Å²) in [6.07, 6.45) is 10.6. The van der Waals surface area contributed by atoms with Gasteiger partial charge in [0.15, 0.2) is 0 Å². The van der Waals surface area contributed by atoms with E-state index in [1.165, 1.54) is 51.4 Å². The summed E-state index contributed by atoms with van der Waals surface area (Å²) >= 11 is 0. The SMILES string of the molecule is CCCCNCCC(=O)NC1CCCCCC1. The van der Waals surface area contributed by atoms with Crippen LogP contribution in [0, 0.1) is 0 Å². The fourth-order valence-electron chi connectivity index (χ4n) is 2.35. The average molecular weight is 240 g/mol. The van der Waals surface area contributed by atoms with E-state index in [9.17, 15) is 4.79 Å². The molecule has 0 radical (unpaired) electrons. The van der Waals surface area contributed by atoms with Crippen LogP contribution < -0.4 is 10.6 Å². The maximum absolute atomic E-state index is 11.7. The normalized spacial score (nSPS) is 17.7. The number of nitrogens with one attached hydrogen (secondary N) is 2.